The third-order valence-electron chi connectivity index (χ3n) is 3.57. The van der Waals surface area contributed by atoms with Gasteiger partial charge < -0.3 is 10.6 Å². The highest BCUT2D eigenvalue weighted by Gasteiger charge is 2.07. The van der Waals surface area contributed by atoms with Crippen molar-refractivity contribution in [1.29, 1.82) is 0 Å². The smallest absolute Gasteiger partial charge is 0.160 e. The number of hydrogen-bond donors (Lipinski definition) is 2. The van der Waals surface area contributed by atoms with Gasteiger partial charge in [0.15, 0.2) is 17.4 Å². The van der Waals surface area contributed by atoms with E-state index < -0.39 is 11.6 Å². The van der Waals surface area contributed by atoms with Gasteiger partial charge in [-0.2, -0.15) is 0 Å². The van der Waals surface area contributed by atoms with Crippen LogP contribution in [0.2, 0.25) is 0 Å². The zero-order valence-corrected chi connectivity index (χ0v) is 14.2. The van der Waals surface area contributed by atoms with E-state index in [-0.39, 0.29) is 5.78 Å². The Bertz CT molecular complexity index is 976. The van der Waals surface area contributed by atoms with E-state index in [2.05, 4.69) is 20.6 Å². The number of benzene rings is 2. The van der Waals surface area contributed by atoms with Gasteiger partial charge >= 0.3 is 0 Å². The van der Waals surface area contributed by atoms with E-state index in [1.54, 1.807) is 31.2 Å². The zero-order valence-electron chi connectivity index (χ0n) is 14.2. The largest absolute Gasteiger partial charge is 0.340 e. The summed E-state index contributed by atoms with van der Waals surface area (Å²) in [6.07, 6.45) is 0. The average Bonchev–Trinajstić information content (AvgIpc) is 2.58. The van der Waals surface area contributed by atoms with Crippen molar-refractivity contribution < 1.29 is 13.6 Å². The van der Waals surface area contributed by atoms with Gasteiger partial charge in [0.2, 0.25) is 0 Å². The minimum atomic E-state index is -0.944. The van der Waals surface area contributed by atoms with Crippen molar-refractivity contribution in [2.45, 2.75) is 13.8 Å². The van der Waals surface area contributed by atoms with Crippen LogP contribution in [0.3, 0.4) is 0 Å². The summed E-state index contributed by atoms with van der Waals surface area (Å²) < 4.78 is 26.4. The molecular weight excluding hydrogens is 338 g/mol. The number of ketones is 1. The molecule has 0 aliphatic carbocycles. The summed E-state index contributed by atoms with van der Waals surface area (Å²) in [6.45, 7) is 3.21. The first kappa shape index (κ1) is 17.5. The van der Waals surface area contributed by atoms with Gasteiger partial charge in [0.1, 0.15) is 17.5 Å². The second kappa shape index (κ2) is 7.26. The van der Waals surface area contributed by atoms with Gasteiger partial charge in [-0.1, -0.05) is 12.1 Å². The molecule has 0 aliphatic heterocycles. The van der Waals surface area contributed by atoms with Crippen molar-refractivity contribution in [2.75, 3.05) is 10.6 Å². The maximum absolute atomic E-state index is 13.3. The number of aromatic nitrogens is 2. The number of carbonyl (C=O) groups excluding carboxylic acids is 1. The molecule has 0 amide bonds. The number of nitrogens with zero attached hydrogens (tertiary/aromatic N) is 2. The molecule has 132 valence electrons. The van der Waals surface area contributed by atoms with E-state index in [0.717, 1.165) is 12.1 Å². The van der Waals surface area contributed by atoms with Gasteiger partial charge in [0.25, 0.3) is 0 Å². The lowest BCUT2D eigenvalue weighted by Crippen LogP contribution is -2.02. The van der Waals surface area contributed by atoms with E-state index in [1.165, 1.54) is 13.0 Å². The minimum Gasteiger partial charge on any atom is -0.340 e. The molecule has 2 N–H and O–H groups in total. The lowest BCUT2D eigenvalue weighted by Gasteiger charge is -2.11. The van der Waals surface area contributed by atoms with Crippen molar-refractivity contribution in [3.63, 3.8) is 0 Å². The molecule has 3 rings (SSSR count). The van der Waals surface area contributed by atoms with E-state index in [9.17, 15) is 13.6 Å². The number of Topliss-reactive ketones (excluding diaryl/α,β-unsaturated/α-hetero) is 1. The highest BCUT2D eigenvalue weighted by atomic mass is 19.2. The van der Waals surface area contributed by atoms with Crippen LogP contribution in [0.4, 0.5) is 31.8 Å². The van der Waals surface area contributed by atoms with Crippen LogP contribution in [0.5, 0.6) is 0 Å². The molecular formula is C19H16F2N4O. The summed E-state index contributed by atoms with van der Waals surface area (Å²) in [4.78, 5) is 20.0. The average molecular weight is 354 g/mol. The van der Waals surface area contributed by atoms with Crippen molar-refractivity contribution in [3.8, 4) is 0 Å². The molecule has 1 aromatic heterocycles. The Kier molecular flexibility index (Phi) is 4.88. The van der Waals surface area contributed by atoms with Crippen LogP contribution < -0.4 is 10.6 Å². The van der Waals surface area contributed by atoms with Crippen LogP contribution in [0, 0.1) is 18.6 Å². The molecule has 0 saturated heterocycles. The zero-order chi connectivity index (χ0) is 18.7. The number of nitrogens with one attached hydrogen (secondary N) is 2. The predicted molar refractivity (Wildman–Crippen MR) is 96.1 cm³/mol. The molecule has 3 aromatic rings. The Hall–Kier alpha value is -3.35. The van der Waals surface area contributed by atoms with Crippen LogP contribution in [0.1, 0.15) is 23.1 Å². The molecule has 0 unspecified atom stereocenters. The molecule has 0 bridgehead atoms. The van der Waals surface area contributed by atoms with Gasteiger partial charge in [-0.3, -0.25) is 4.79 Å². The topological polar surface area (TPSA) is 66.9 Å². The van der Waals surface area contributed by atoms with Gasteiger partial charge in [-0.05, 0) is 38.1 Å². The number of hydrogen-bond acceptors (Lipinski definition) is 5. The van der Waals surface area contributed by atoms with Crippen LogP contribution in [-0.4, -0.2) is 15.8 Å². The maximum atomic E-state index is 13.3. The fraction of sp³-hybridized carbons (Fsp3) is 0.105. The Morgan fingerprint density at radius 1 is 0.885 bits per heavy atom. The molecule has 0 aliphatic rings. The third kappa shape index (κ3) is 4.18. The van der Waals surface area contributed by atoms with Gasteiger partial charge in [-0.25, -0.2) is 18.7 Å². The molecule has 0 atom stereocenters. The first-order valence-corrected chi connectivity index (χ1v) is 7.86. The summed E-state index contributed by atoms with van der Waals surface area (Å²) in [5.41, 5.74) is 1.65. The third-order valence-corrected chi connectivity index (χ3v) is 3.57. The molecule has 0 spiro atoms. The quantitative estimate of drug-likeness (QED) is 0.647. The summed E-state index contributed by atoms with van der Waals surface area (Å²) in [5.74, 6) is -0.477. The number of anilines is 4. The lowest BCUT2D eigenvalue weighted by molar-refractivity contribution is 0.101. The Morgan fingerprint density at radius 3 is 2.15 bits per heavy atom. The van der Waals surface area contributed by atoms with Crippen molar-refractivity contribution >= 4 is 28.8 Å². The second-order valence-electron chi connectivity index (χ2n) is 5.70. The first-order chi connectivity index (χ1) is 12.4. The van der Waals surface area contributed by atoms with E-state index in [4.69, 9.17) is 0 Å². The van der Waals surface area contributed by atoms with Gasteiger partial charge in [-0.15, -0.1) is 0 Å². The fourth-order valence-electron chi connectivity index (χ4n) is 2.38. The predicted octanol–water partition coefficient (Wildman–Crippen LogP) is 4.75. The van der Waals surface area contributed by atoms with Gasteiger partial charge in [0.05, 0.1) is 0 Å². The number of carbonyl (C=O) groups is 1. The first-order valence-electron chi connectivity index (χ1n) is 7.86. The molecule has 7 heteroatoms. The summed E-state index contributed by atoms with van der Waals surface area (Å²) in [7, 11) is 0. The van der Waals surface area contributed by atoms with Crippen molar-refractivity contribution in [3.05, 3.63) is 71.6 Å². The Balaban J connectivity index is 1.84. The highest BCUT2D eigenvalue weighted by molar-refractivity contribution is 5.95. The molecule has 0 radical (unpaired) electrons. The van der Waals surface area contributed by atoms with Crippen molar-refractivity contribution in [2.24, 2.45) is 0 Å². The lowest BCUT2D eigenvalue weighted by atomic mass is 10.1. The SMILES string of the molecule is CC(=O)c1cccc(Nc2cc(Nc3ccc(F)c(F)c3)nc(C)n2)c1. The Labute approximate surface area is 149 Å². The molecule has 0 fully saturated rings. The monoisotopic (exact) mass is 354 g/mol. The number of aryl methyl sites for hydroxylation is 1. The van der Waals surface area contributed by atoms with E-state index in [0.29, 0.717) is 34.4 Å². The summed E-state index contributed by atoms with van der Waals surface area (Å²) in [5, 5.41) is 6.03. The summed E-state index contributed by atoms with van der Waals surface area (Å²) in [6, 6.07) is 12.2. The van der Waals surface area contributed by atoms with Crippen LogP contribution in [0.25, 0.3) is 0 Å². The van der Waals surface area contributed by atoms with E-state index >= 15 is 0 Å². The fourth-order valence-corrected chi connectivity index (χ4v) is 2.38. The molecule has 0 saturated carbocycles. The van der Waals surface area contributed by atoms with Crippen LogP contribution >= 0.6 is 0 Å². The molecule has 26 heavy (non-hydrogen) atoms. The second-order valence-corrected chi connectivity index (χ2v) is 5.70. The highest BCUT2D eigenvalue weighted by Crippen LogP contribution is 2.22. The number of rotatable bonds is 5. The molecule has 2 aromatic carbocycles. The molecule has 5 nitrogen and oxygen atoms in total. The Morgan fingerprint density at radius 2 is 1.54 bits per heavy atom. The number of halogens is 2. The van der Waals surface area contributed by atoms with Gasteiger partial charge in [0, 0.05) is 29.1 Å². The standard InChI is InChI=1S/C19H16F2N4O/c1-11(26)13-4-3-5-14(8-13)24-18-10-19(23-12(2)22-18)25-15-6-7-16(20)17(21)9-15/h3-10H,1-2H3,(H2,22,23,24,25). The van der Waals surface area contributed by atoms with Crippen molar-refractivity contribution in [1.82, 2.24) is 9.97 Å². The van der Waals surface area contributed by atoms with E-state index in [1.807, 2.05) is 6.07 Å². The minimum absolute atomic E-state index is 0.0341. The summed E-state index contributed by atoms with van der Waals surface area (Å²) >= 11 is 0. The molecule has 1 heterocycles. The normalized spacial score (nSPS) is 10.5. The van der Waals surface area contributed by atoms with Crippen LogP contribution in [-0.2, 0) is 0 Å². The van der Waals surface area contributed by atoms with Crippen LogP contribution in [0.15, 0.2) is 48.5 Å². The maximum Gasteiger partial charge on any atom is 0.160 e.